The van der Waals surface area contributed by atoms with Crippen LogP contribution in [0, 0.1) is 11.8 Å². The van der Waals surface area contributed by atoms with Crippen LogP contribution in [0.5, 0.6) is 23.0 Å². The van der Waals surface area contributed by atoms with Crippen LogP contribution in [0.2, 0.25) is 0 Å². The van der Waals surface area contributed by atoms with E-state index in [1.807, 2.05) is 0 Å². The Morgan fingerprint density at radius 3 is 1.94 bits per heavy atom. The Morgan fingerprint density at radius 1 is 0.784 bits per heavy atom. The number of ether oxygens (including phenoxy) is 5. The molecule has 0 unspecified atom stereocenters. The Labute approximate surface area is 289 Å². The van der Waals surface area contributed by atoms with E-state index >= 15 is 0 Å². The predicted octanol–water partition coefficient (Wildman–Crippen LogP) is 6.73. The number of rotatable bonds is 12. The van der Waals surface area contributed by atoms with Crippen LogP contribution in [-0.4, -0.2) is 36.5 Å². The highest BCUT2D eigenvalue weighted by Gasteiger charge is 2.41. The van der Waals surface area contributed by atoms with Crippen molar-refractivity contribution < 1.29 is 60.8 Å². The summed E-state index contributed by atoms with van der Waals surface area (Å²) in [5.74, 6) is -2.38. The Hall–Kier alpha value is -6.94. The summed E-state index contributed by atoms with van der Waals surface area (Å²) in [5, 5.41) is 0. The molecule has 0 aliphatic rings. The number of hydrogen-bond acceptors (Lipinski definition) is 10. The van der Waals surface area contributed by atoms with E-state index in [2.05, 4.69) is 42.9 Å². The van der Waals surface area contributed by atoms with Gasteiger partial charge in [0.2, 0.25) is 5.75 Å². The van der Waals surface area contributed by atoms with Crippen molar-refractivity contribution in [3.05, 3.63) is 139 Å². The molecule has 10 nitrogen and oxygen atoms in total. The molecule has 0 saturated carbocycles. The number of carbonyl (C=O) groups excluding carboxylic acids is 5. The molecular weight excluding hydrogens is 673 g/mol. The van der Waals surface area contributed by atoms with Crippen molar-refractivity contribution in [3.63, 3.8) is 0 Å². The molecule has 0 aliphatic carbocycles. The first-order valence-electron chi connectivity index (χ1n) is 14.4. The van der Waals surface area contributed by atoms with Crippen LogP contribution in [0.25, 0.3) is 6.08 Å². The standard InChI is InChI=1S/C38H27F3O10/c1-6-30(42)48-28-19-14-24(15-20-28)10-9-21-47-34-29(49-31(43)7-2)22-27(33(38(39,40)41)35(34)50-32(44)8-3)18-13-25-11-16-26(17-12-25)37(46)51-36(45)23(4)5/h6-12,14-17,19-20,22H,1-4,21H2,5H3/b10-9+. The van der Waals surface area contributed by atoms with Gasteiger partial charge in [-0.05, 0) is 55.0 Å². The van der Waals surface area contributed by atoms with Gasteiger partial charge < -0.3 is 23.7 Å². The van der Waals surface area contributed by atoms with E-state index in [-0.39, 0.29) is 22.4 Å². The molecule has 0 heterocycles. The normalized spacial score (nSPS) is 10.5. The van der Waals surface area contributed by atoms with E-state index < -0.39 is 71.0 Å². The minimum atomic E-state index is -5.20. The number of esters is 5. The molecular formula is C38H27F3O10. The smallest absolute Gasteiger partial charge is 0.421 e. The third kappa shape index (κ3) is 11.0. The van der Waals surface area contributed by atoms with E-state index in [0.29, 0.717) is 11.6 Å². The van der Waals surface area contributed by atoms with Gasteiger partial charge in [0.1, 0.15) is 17.9 Å². The summed E-state index contributed by atoms with van der Waals surface area (Å²) in [5.41, 5.74) is -1.67. The molecule has 13 heteroatoms. The van der Waals surface area contributed by atoms with Crippen LogP contribution < -0.4 is 18.9 Å². The third-order valence-corrected chi connectivity index (χ3v) is 6.13. The molecule has 0 spiro atoms. The van der Waals surface area contributed by atoms with Gasteiger partial charge >= 0.3 is 36.0 Å². The van der Waals surface area contributed by atoms with Crippen LogP contribution in [0.1, 0.15) is 39.5 Å². The molecule has 0 bridgehead atoms. The first-order chi connectivity index (χ1) is 24.2. The molecule has 3 aromatic carbocycles. The number of halogens is 3. The molecule has 3 rings (SSSR count). The summed E-state index contributed by atoms with van der Waals surface area (Å²) in [6, 6.07) is 11.9. The summed E-state index contributed by atoms with van der Waals surface area (Å²) >= 11 is 0. The highest BCUT2D eigenvalue weighted by molar-refractivity contribution is 6.01. The maximum absolute atomic E-state index is 14.7. The Kier molecular flexibility index (Phi) is 13.2. The zero-order valence-corrected chi connectivity index (χ0v) is 26.8. The van der Waals surface area contributed by atoms with Crippen LogP contribution in [0.15, 0.2) is 111 Å². The molecule has 51 heavy (non-hydrogen) atoms. The molecule has 0 aliphatic heterocycles. The SMILES string of the molecule is C=CC(=O)Oc1ccc(/C=C/COc2c(OC(=O)C=C)cc(C#Cc3ccc(C(=O)OC(=O)C(=C)C)cc3)c(C(F)(F)F)c2OC(=O)C=C)cc1. The predicted molar refractivity (Wildman–Crippen MR) is 178 cm³/mol. The fourth-order valence-electron chi connectivity index (χ4n) is 3.78. The van der Waals surface area contributed by atoms with Crippen LogP contribution >= 0.6 is 0 Å². The van der Waals surface area contributed by atoms with Crippen LogP contribution in [0.4, 0.5) is 13.2 Å². The fourth-order valence-corrected chi connectivity index (χ4v) is 3.78. The van der Waals surface area contributed by atoms with Gasteiger partial charge in [-0.15, -0.1) is 0 Å². The first kappa shape index (κ1) is 38.5. The lowest BCUT2D eigenvalue weighted by molar-refractivity contribution is -0.141. The van der Waals surface area contributed by atoms with E-state index in [4.69, 9.17) is 18.9 Å². The monoisotopic (exact) mass is 700 g/mol. The molecule has 0 atom stereocenters. The number of carbonyl (C=O) groups is 5. The summed E-state index contributed by atoms with van der Waals surface area (Å²) in [6.07, 6.45) is 0.0812. The van der Waals surface area contributed by atoms with E-state index in [0.717, 1.165) is 18.2 Å². The van der Waals surface area contributed by atoms with Crippen molar-refractivity contribution in [1.82, 2.24) is 0 Å². The zero-order valence-electron chi connectivity index (χ0n) is 26.8. The lowest BCUT2D eigenvalue weighted by atomic mass is 10.0. The van der Waals surface area contributed by atoms with Crippen LogP contribution in [0.3, 0.4) is 0 Å². The van der Waals surface area contributed by atoms with Crippen LogP contribution in [-0.2, 0) is 30.1 Å². The summed E-state index contributed by atoms with van der Waals surface area (Å²) < 4.78 is 69.5. The van der Waals surface area contributed by atoms with Gasteiger partial charge in [-0.2, -0.15) is 13.2 Å². The largest absolute Gasteiger partial charge is 0.482 e. The van der Waals surface area contributed by atoms with E-state index in [1.54, 1.807) is 12.1 Å². The van der Waals surface area contributed by atoms with Crippen molar-refractivity contribution in [2.45, 2.75) is 13.1 Å². The molecule has 0 amide bonds. The van der Waals surface area contributed by atoms with Gasteiger partial charge in [0, 0.05) is 41.0 Å². The Balaban J connectivity index is 2.07. The molecule has 260 valence electrons. The second-order valence-electron chi connectivity index (χ2n) is 9.90. The molecule has 0 N–H and O–H groups in total. The molecule has 0 radical (unpaired) electrons. The van der Waals surface area contributed by atoms with Crippen molar-refractivity contribution >= 4 is 35.9 Å². The van der Waals surface area contributed by atoms with Gasteiger partial charge in [0.25, 0.3) is 0 Å². The second-order valence-corrected chi connectivity index (χ2v) is 9.90. The molecule has 0 fully saturated rings. The number of alkyl halides is 3. The molecule has 3 aromatic rings. The van der Waals surface area contributed by atoms with E-state index in [1.165, 1.54) is 55.5 Å². The third-order valence-electron chi connectivity index (χ3n) is 6.13. The average molecular weight is 701 g/mol. The highest BCUT2D eigenvalue weighted by Crippen LogP contribution is 2.49. The Morgan fingerprint density at radius 2 is 1.37 bits per heavy atom. The average Bonchev–Trinajstić information content (AvgIpc) is 3.09. The summed E-state index contributed by atoms with van der Waals surface area (Å²) in [6.45, 7) is 14.1. The van der Waals surface area contributed by atoms with Gasteiger partial charge in [0.15, 0.2) is 11.5 Å². The maximum Gasteiger partial charge on any atom is 0.421 e. The Bertz CT molecular complexity index is 1990. The van der Waals surface area contributed by atoms with Gasteiger partial charge in [-0.25, -0.2) is 24.0 Å². The molecule has 0 saturated heterocycles. The second kappa shape index (κ2) is 17.5. The zero-order chi connectivity index (χ0) is 37.7. The number of hydrogen-bond donors (Lipinski definition) is 0. The minimum Gasteiger partial charge on any atom is -0.482 e. The quantitative estimate of drug-likeness (QED) is 0.0659. The fraction of sp³-hybridized carbons (Fsp3) is 0.0789. The highest BCUT2D eigenvalue weighted by atomic mass is 19.4. The van der Waals surface area contributed by atoms with E-state index in [9.17, 15) is 37.1 Å². The maximum atomic E-state index is 14.7. The van der Waals surface area contributed by atoms with Gasteiger partial charge in [-0.3, -0.25) is 0 Å². The minimum absolute atomic E-state index is 0.00673. The number of benzene rings is 3. The summed E-state index contributed by atoms with van der Waals surface area (Å²) in [7, 11) is 0. The van der Waals surface area contributed by atoms with Gasteiger partial charge in [0.05, 0.1) is 5.56 Å². The lowest BCUT2D eigenvalue weighted by Gasteiger charge is -2.20. The lowest BCUT2D eigenvalue weighted by Crippen LogP contribution is -2.17. The molecule has 0 aromatic heterocycles. The van der Waals surface area contributed by atoms with Crippen molar-refractivity contribution in [2.75, 3.05) is 6.61 Å². The van der Waals surface area contributed by atoms with Crippen molar-refractivity contribution in [3.8, 4) is 34.8 Å². The summed E-state index contributed by atoms with van der Waals surface area (Å²) in [4.78, 5) is 59.7. The first-order valence-corrected chi connectivity index (χ1v) is 14.4. The van der Waals surface area contributed by atoms with Gasteiger partial charge in [-0.1, -0.05) is 56.4 Å². The van der Waals surface area contributed by atoms with Crippen molar-refractivity contribution in [2.24, 2.45) is 0 Å². The topological polar surface area (TPSA) is 132 Å². The van der Waals surface area contributed by atoms with Crippen molar-refractivity contribution in [1.29, 1.82) is 0 Å².